The number of rotatable bonds is 4. The Hall–Kier alpha value is -0.370. The highest BCUT2D eigenvalue weighted by Gasteiger charge is 2.33. The predicted molar refractivity (Wildman–Crippen MR) is 48.1 cm³/mol. The van der Waals surface area contributed by atoms with Crippen LogP contribution in [0.1, 0.15) is 39.5 Å². The largest absolute Gasteiger partial charge is 0.381 e. The summed E-state index contributed by atoms with van der Waals surface area (Å²) in [7, 11) is 0. The van der Waals surface area contributed by atoms with Crippen molar-refractivity contribution in [1.82, 2.24) is 0 Å². The van der Waals surface area contributed by atoms with E-state index in [1.807, 2.05) is 0 Å². The summed E-state index contributed by atoms with van der Waals surface area (Å²) in [5.74, 6) is 0.401. The van der Waals surface area contributed by atoms with Crippen LogP contribution in [0, 0.1) is 5.41 Å². The number of carbonyl (C=O) groups is 1. The minimum absolute atomic E-state index is 0.145. The molecule has 0 bridgehead atoms. The molecule has 0 aliphatic heterocycles. The zero-order chi connectivity index (χ0) is 9.03. The van der Waals surface area contributed by atoms with E-state index in [1.165, 1.54) is 0 Å². The van der Waals surface area contributed by atoms with Gasteiger partial charge in [-0.25, -0.2) is 0 Å². The molecule has 0 amide bonds. The number of hydrogen-bond acceptors (Lipinski definition) is 2. The molecule has 2 heteroatoms. The van der Waals surface area contributed by atoms with Gasteiger partial charge < -0.3 is 4.74 Å². The highest BCUT2D eigenvalue weighted by Crippen LogP contribution is 2.35. The molecule has 0 radical (unpaired) electrons. The fourth-order valence-corrected chi connectivity index (χ4v) is 1.68. The van der Waals surface area contributed by atoms with E-state index in [0.717, 1.165) is 38.9 Å². The van der Waals surface area contributed by atoms with Gasteiger partial charge in [-0.3, -0.25) is 4.79 Å². The van der Waals surface area contributed by atoms with Crippen LogP contribution in [0.2, 0.25) is 0 Å². The summed E-state index contributed by atoms with van der Waals surface area (Å²) in [5.41, 5.74) is 0.145. The number of Topliss-reactive ketones (excluding diaryl/α,β-unsaturated/α-hetero) is 1. The Morgan fingerprint density at radius 3 is 2.83 bits per heavy atom. The van der Waals surface area contributed by atoms with E-state index in [1.54, 1.807) is 0 Å². The third kappa shape index (κ3) is 2.59. The van der Waals surface area contributed by atoms with Gasteiger partial charge in [0.1, 0.15) is 5.78 Å². The van der Waals surface area contributed by atoms with Crippen molar-refractivity contribution in [2.45, 2.75) is 39.5 Å². The standard InChI is InChI=1S/C10H18O2/c1-3-6-12-8-10(2)5-4-9(11)7-10/h3-8H2,1-2H3. The van der Waals surface area contributed by atoms with Crippen LogP contribution in [0.5, 0.6) is 0 Å². The highest BCUT2D eigenvalue weighted by atomic mass is 16.5. The maximum atomic E-state index is 11.0. The van der Waals surface area contributed by atoms with Crippen molar-refractivity contribution in [3.63, 3.8) is 0 Å². The van der Waals surface area contributed by atoms with E-state index in [0.29, 0.717) is 5.78 Å². The number of ketones is 1. The Kier molecular flexibility index (Phi) is 3.27. The molecule has 0 aromatic heterocycles. The first-order valence-electron chi connectivity index (χ1n) is 4.76. The lowest BCUT2D eigenvalue weighted by molar-refractivity contribution is -0.118. The van der Waals surface area contributed by atoms with Gasteiger partial charge in [0.25, 0.3) is 0 Å². The molecule has 1 atom stereocenters. The van der Waals surface area contributed by atoms with Crippen LogP contribution in [-0.4, -0.2) is 19.0 Å². The van der Waals surface area contributed by atoms with Crippen LogP contribution in [-0.2, 0) is 9.53 Å². The first kappa shape index (κ1) is 9.72. The second-order valence-corrected chi connectivity index (χ2v) is 4.08. The fraction of sp³-hybridized carbons (Fsp3) is 0.900. The van der Waals surface area contributed by atoms with Gasteiger partial charge in [0, 0.05) is 19.4 Å². The molecular formula is C10H18O2. The second kappa shape index (κ2) is 4.04. The normalized spacial score (nSPS) is 29.7. The van der Waals surface area contributed by atoms with Gasteiger partial charge in [-0.05, 0) is 18.3 Å². The van der Waals surface area contributed by atoms with Gasteiger partial charge in [-0.15, -0.1) is 0 Å². The van der Waals surface area contributed by atoms with Gasteiger partial charge in [-0.2, -0.15) is 0 Å². The second-order valence-electron chi connectivity index (χ2n) is 4.08. The van der Waals surface area contributed by atoms with E-state index in [-0.39, 0.29) is 5.41 Å². The maximum absolute atomic E-state index is 11.0. The summed E-state index contributed by atoms with van der Waals surface area (Å²) in [6, 6.07) is 0. The van der Waals surface area contributed by atoms with E-state index in [4.69, 9.17) is 4.74 Å². The van der Waals surface area contributed by atoms with Crippen molar-refractivity contribution < 1.29 is 9.53 Å². The molecule has 2 nitrogen and oxygen atoms in total. The molecule has 0 spiro atoms. The quantitative estimate of drug-likeness (QED) is 0.604. The van der Waals surface area contributed by atoms with Crippen LogP contribution in [0.25, 0.3) is 0 Å². The van der Waals surface area contributed by atoms with Crippen molar-refractivity contribution in [1.29, 1.82) is 0 Å². The summed E-state index contributed by atoms with van der Waals surface area (Å²) < 4.78 is 5.47. The molecule has 0 saturated heterocycles. The Balaban J connectivity index is 2.25. The van der Waals surface area contributed by atoms with E-state index in [2.05, 4.69) is 13.8 Å². The van der Waals surface area contributed by atoms with Crippen molar-refractivity contribution >= 4 is 5.78 Å². The van der Waals surface area contributed by atoms with Crippen molar-refractivity contribution in [3.8, 4) is 0 Å². The van der Waals surface area contributed by atoms with E-state index < -0.39 is 0 Å². The first-order chi connectivity index (χ1) is 5.66. The number of hydrogen-bond donors (Lipinski definition) is 0. The minimum Gasteiger partial charge on any atom is -0.381 e. The van der Waals surface area contributed by atoms with Gasteiger partial charge >= 0.3 is 0 Å². The molecule has 1 aliphatic carbocycles. The minimum atomic E-state index is 0.145. The molecule has 0 N–H and O–H groups in total. The third-order valence-electron chi connectivity index (χ3n) is 2.43. The van der Waals surface area contributed by atoms with Gasteiger partial charge in [-0.1, -0.05) is 13.8 Å². The average Bonchev–Trinajstić information content (AvgIpc) is 2.32. The highest BCUT2D eigenvalue weighted by molar-refractivity contribution is 5.81. The van der Waals surface area contributed by atoms with Gasteiger partial charge in [0.05, 0.1) is 6.61 Å². The van der Waals surface area contributed by atoms with Crippen LogP contribution in [0.3, 0.4) is 0 Å². The molecule has 70 valence electrons. The monoisotopic (exact) mass is 170 g/mol. The van der Waals surface area contributed by atoms with Crippen molar-refractivity contribution in [2.24, 2.45) is 5.41 Å². The first-order valence-corrected chi connectivity index (χ1v) is 4.76. The van der Waals surface area contributed by atoms with Crippen molar-refractivity contribution in [2.75, 3.05) is 13.2 Å². The maximum Gasteiger partial charge on any atom is 0.133 e. The molecule has 1 rings (SSSR count). The number of carbonyl (C=O) groups excluding carboxylic acids is 1. The van der Waals surface area contributed by atoms with Crippen LogP contribution in [0.15, 0.2) is 0 Å². The van der Waals surface area contributed by atoms with E-state index >= 15 is 0 Å². The molecule has 1 fully saturated rings. The number of ether oxygens (including phenoxy) is 1. The Morgan fingerprint density at radius 2 is 2.33 bits per heavy atom. The Morgan fingerprint density at radius 1 is 1.58 bits per heavy atom. The van der Waals surface area contributed by atoms with Crippen LogP contribution >= 0.6 is 0 Å². The smallest absolute Gasteiger partial charge is 0.133 e. The lowest BCUT2D eigenvalue weighted by Gasteiger charge is -2.21. The van der Waals surface area contributed by atoms with Gasteiger partial charge in [0.15, 0.2) is 0 Å². The van der Waals surface area contributed by atoms with Gasteiger partial charge in [0.2, 0.25) is 0 Å². The Bertz CT molecular complexity index is 165. The third-order valence-corrected chi connectivity index (χ3v) is 2.43. The zero-order valence-electron chi connectivity index (χ0n) is 8.06. The average molecular weight is 170 g/mol. The summed E-state index contributed by atoms with van der Waals surface area (Å²) in [4.78, 5) is 11.0. The molecule has 12 heavy (non-hydrogen) atoms. The molecule has 1 saturated carbocycles. The summed E-state index contributed by atoms with van der Waals surface area (Å²) >= 11 is 0. The summed E-state index contributed by atoms with van der Waals surface area (Å²) in [6.07, 6.45) is 3.54. The molecule has 1 aliphatic rings. The molecule has 0 heterocycles. The zero-order valence-corrected chi connectivity index (χ0v) is 8.06. The topological polar surface area (TPSA) is 26.3 Å². The fourth-order valence-electron chi connectivity index (χ4n) is 1.68. The molecule has 0 aromatic carbocycles. The SMILES string of the molecule is CCCOCC1(C)CCC(=O)C1. The predicted octanol–water partition coefficient (Wildman–Crippen LogP) is 2.17. The lowest BCUT2D eigenvalue weighted by atomic mass is 9.90. The van der Waals surface area contributed by atoms with E-state index in [9.17, 15) is 4.79 Å². The summed E-state index contributed by atoms with van der Waals surface area (Å²) in [6.45, 7) is 5.83. The molecule has 1 unspecified atom stereocenters. The molecular weight excluding hydrogens is 152 g/mol. The lowest BCUT2D eigenvalue weighted by Crippen LogP contribution is -2.20. The molecule has 0 aromatic rings. The Labute approximate surface area is 74.3 Å². The summed E-state index contributed by atoms with van der Waals surface area (Å²) in [5, 5.41) is 0. The van der Waals surface area contributed by atoms with Crippen LogP contribution < -0.4 is 0 Å². The van der Waals surface area contributed by atoms with Crippen LogP contribution in [0.4, 0.5) is 0 Å². The van der Waals surface area contributed by atoms with Crippen molar-refractivity contribution in [3.05, 3.63) is 0 Å².